The van der Waals surface area contributed by atoms with Crippen LogP contribution in [0.3, 0.4) is 0 Å². The van der Waals surface area contributed by atoms with Crippen LogP contribution in [0.25, 0.3) is 0 Å². The molecule has 0 saturated carbocycles. The molecule has 0 bridgehead atoms. The van der Waals surface area contributed by atoms with Crippen LogP contribution < -0.4 is 10.1 Å². The van der Waals surface area contributed by atoms with Crippen LogP contribution in [0.4, 0.5) is 0 Å². The summed E-state index contributed by atoms with van der Waals surface area (Å²) < 4.78 is 10.8. The van der Waals surface area contributed by atoms with Crippen LogP contribution in [0, 0.1) is 0 Å². The molecule has 162 valence electrons. The van der Waals surface area contributed by atoms with E-state index >= 15 is 0 Å². The summed E-state index contributed by atoms with van der Waals surface area (Å²) in [4.78, 5) is 24.6. The maximum absolute atomic E-state index is 12.7. The first kappa shape index (κ1) is 23.7. The fourth-order valence-corrected chi connectivity index (χ4v) is 3.03. The zero-order valence-corrected chi connectivity index (χ0v) is 19.0. The van der Waals surface area contributed by atoms with Crippen molar-refractivity contribution < 1.29 is 19.1 Å². The molecule has 0 aliphatic rings. The highest BCUT2D eigenvalue weighted by Gasteiger charge is 2.31. The summed E-state index contributed by atoms with van der Waals surface area (Å²) in [5.74, 6) is 0.144. The zero-order chi connectivity index (χ0) is 22.4. The Kier molecular flexibility index (Phi) is 7.90. The van der Waals surface area contributed by atoms with Crippen molar-refractivity contribution in [2.24, 2.45) is 0 Å². The standard InChI is InChI=1S/C24H30ClNO4/c1-6-29-22(28)24(4,5)30-20-13-7-17(8-14-20)15-16-26-21(27)23(2,3)18-9-11-19(25)12-10-18/h7-14H,6,15-16H2,1-5H3,(H,26,27). The van der Waals surface area contributed by atoms with Gasteiger partial charge in [0.1, 0.15) is 5.75 Å². The number of ether oxygens (including phenoxy) is 2. The number of hydrogen-bond donors (Lipinski definition) is 1. The third kappa shape index (κ3) is 6.23. The third-order valence-electron chi connectivity index (χ3n) is 4.90. The number of rotatable bonds is 9. The molecule has 0 radical (unpaired) electrons. The van der Waals surface area contributed by atoms with Gasteiger partial charge in [0.25, 0.3) is 0 Å². The van der Waals surface area contributed by atoms with Crippen LogP contribution in [0.1, 0.15) is 45.7 Å². The molecule has 0 aliphatic heterocycles. The van der Waals surface area contributed by atoms with Gasteiger partial charge in [0.2, 0.25) is 5.91 Å². The fraction of sp³-hybridized carbons (Fsp3) is 0.417. The monoisotopic (exact) mass is 431 g/mol. The molecule has 0 aliphatic carbocycles. The number of esters is 1. The molecule has 0 aromatic heterocycles. The average Bonchev–Trinajstić information content (AvgIpc) is 2.69. The highest BCUT2D eigenvalue weighted by Crippen LogP contribution is 2.25. The Labute approximate surface area is 183 Å². The van der Waals surface area contributed by atoms with Gasteiger partial charge in [-0.15, -0.1) is 0 Å². The lowest BCUT2D eigenvalue weighted by Gasteiger charge is -2.24. The van der Waals surface area contributed by atoms with E-state index in [2.05, 4.69) is 5.32 Å². The van der Waals surface area contributed by atoms with Gasteiger partial charge >= 0.3 is 5.97 Å². The van der Waals surface area contributed by atoms with E-state index < -0.39 is 17.0 Å². The quantitative estimate of drug-likeness (QED) is 0.584. The normalized spacial score (nSPS) is 11.7. The maximum Gasteiger partial charge on any atom is 0.349 e. The first-order valence-electron chi connectivity index (χ1n) is 10.1. The molecule has 0 atom stereocenters. The van der Waals surface area contributed by atoms with Crippen molar-refractivity contribution in [3.8, 4) is 5.75 Å². The molecule has 0 heterocycles. The second kappa shape index (κ2) is 9.98. The molecule has 1 amide bonds. The Morgan fingerprint density at radius 2 is 1.57 bits per heavy atom. The van der Waals surface area contributed by atoms with E-state index in [1.807, 2.05) is 50.2 Å². The van der Waals surface area contributed by atoms with Gasteiger partial charge in [-0.3, -0.25) is 4.79 Å². The highest BCUT2D eigenvalue weighted by atomic mass is 35.5. The molecular formula is C24H30ClNO4. The fourth-order valence-electron chi connectivity index (χ4n) is 2.90. The number of benzene rings is 2. The van der Waals surface area contributed by atoms with Gasteiger partial charge in [-0.2, -0.15) is 0 Å². The number of hydrogen-bond acceptors (Lipinski definition) is 4. The molecule has 6 heteroatoms. The third-order valence-corrected chi connectivity index (χ3v) is 5.15. The van der Waals surface area contributed by atoms with Gasteiger partial charge < -0.3 is 14.8 Å². The van der Waals surface area contributed by atoms with Crippen molar-refractivity contribution in [1.82, 2.24) is 5.32 Å². The molecule has 1 N–H and O–H groups in total. The molecule has 2 aromatic carbocycles. The van der Waals surface area contributed by atoms with Crippen molar-refractivity contribution in [2.75, 3.05) is 13.2 Å². The molecule has 0 unspecified atom stereocenters. The number of carbonyl (C=O) groups excluding carboxylic acids is 2. The molecular weight excluding hydrogens is 402 g/mol. The van der Waals surface area contributed by atoms with E-state index in [1.54, 1.807) is 32.9 Å². The van der Waals surface area contributed by atoms with Crippen molar-refractivity contribution >= 4 is 23.5 Å². The van der Waals surface area contributed by atoms with Gasteiger partial charge in [0.05, 0.1) is 12.0 Å². The molecule has 5 nitrogen and oxygen atoms in total. The first-order valence-corrected chi connectivity index (χ1v) is 10.4. The minimum absolute atomic E-state index is 0.0408. The summed E-state index contributed by atoms with van der Waals surface area (Å²) >= 11 is 5.94. The predicted octanol–water partition coefficient (Wildman–Crippen LogP) is 4.70. The van der Waals surface area contributed by atoms with E-state index in [1.165, 1.54) is 0 Å². The highest BCUT2D eigenvalue weighted by molar-refractivity contribution is 6.30. The van der Waals surface area contributed by atoms with Crippen molar-refractivity contribution in [1.29, 1.82) is 0 Å². The van der Waals surface area contributed by atoms with Crippen LogP contribution in [0.15, 0.2) is 48.5 Å². The number of nitrogens with one attached hydrogen (secondary N) is 1. The maximum atomic E-state index is 12.7. The molecule has 2 aromatic rings. The van der Waals surface area contributed by atoms with Crippen molar-refractivity contribution in [3.05, 3.63) is 64.7 Å². The lowest BCUT2D eigenvalue weighted by Crippen LogP contribution is -2.40. The molecule has 0 spiro atoms. The second-order valence-corrected chi connectivity index (χ2v) is 8.55. The van der Waals surface area contributed by atoms with Crippen LogP contribution in [-0.2, 0) is 26.2 Å². The molecule has 0 fully saturated rings. The van der Waals surface area contributed by atoms with Gasteiger partial charge in [0.15, 0.2) is 5.60 Å². The van der Waals surface area contributed by atoms with E-state index in [9.17, 15) is 9.59 Å². The van der Waals surface area contributed by atoms with Crippen molar-refractivity contribution in [3.63, 3.8) is 0 Å². The predicted molar refractivity (Wildman–Crippen MR) is 119 cm³/mol. The van der Waals surface area contributed by atoms with Crippen LogP contribution >= 0.6 is 11.6 Å². The summed E-state index contributed by atoms with van der Waals surface area (Å²) in [6, 6.07) is 14.8. The topological polar surface area (TPSA) is 64.6 Å². The summed E-state index contributed by atoms with van der Waals surface area (Å²) in [5, 5.41) is 3.65. The minimum atomic E-state index is -1.06. The molecule has 0 saturated heterocycles. The Morgan fingerprint density at radius 1 is 0.967 bits per heavy atom. The SMILES string of the molecule is CCOC(=O)C(C)(C)Oc1ccc(CCNC(=O)C(C)(C)c2ccc(Cl)cc2)cc1. The molecule has 2 rings (SSSR count). The van der Waals surface area contributed by atoms with Gasteiger partial charge in [0, 0.05) is 11.6 Å². The Morgan fingerprint density at radius 3 is 2.13 bits per heavy atom. The lowest BCUT2D eigenvalue weighted by molar-refractivity contribution is -0.158. The summed E-state index contributed by atoms with van der Waals surface area (Å²) in [7, 11) is 0. The number of halogens is 1. The summed E-state index contributed by atoms with van der Waals surface area (Å²) in [6.45, 7) is 9.73. The van der Waals surface area contributed by atoms with E-state index in [0.717, 1.165) is 11.1 Å². The van der Waals surface area contributed by atoms with E-state index in [-0.39, 0.29) is 5.91 Å². The van der Waals surface area contributed by atoms with Crippen LogP contribution in [0.5, 0.6) is 5.75 Å². The van der Waals surface area contributed by atoms with E-state index in [0.29, 0.717) is 30.3 Å². The summed E-state index contributed by atoms with van der Waals surface area (Å²) in [5.41, 5.74) is 0.260. The zero-order valence-electron chi connectivity index (χ0n) is 18.3. The second-order valence-electron chi connectivity index (χ2n) is 8.11. The smallest absolute Gasteiger partial charge is 0.349 e. The Hall–Kier alpha value is -2.53. The van der Waals surface area contributed by atoms with Crippen LogP contribution in [-0.4, -0.2) is 30.6 Å². The summed E-state index contributed by atoms with van der Waals surface area (Å²) in [6.07, 6.45) is 0.685. The lowest BCUT2D eigenvalue weighted by atomic mass is 9.83. The first-order chi connectivity index (χ1) is 14.1. The Bertz CT molecular complexity index is 858. The van der Waals surface area contributed by atoms with Crippen molar-refractivity contribution in [2.45, 2.75) is 52.1 Å². The van der Waals surface area contributed by atoms with Gasteiger partial charge in [-0.1, -0.05) is 35.9 Å². The number of carbonyl (C=O) groups is 2. The molecule has 30 heavy (non-hydrogen) atoms. The van der Waals surface area contributed by atoms with Gasteiger partial charge in [-0.05, 0) is 76.4 Å². The average molecular weight is 432 g/mol. The van der Waals surface area contributed by atoms with Gasteiger partial charge in [-0.25, -0.2) is 4.79 Å². The minimum Gasteiger partial charge on any atom is -0.476 e. The van der Waals surface area contributed by atoms with Crippen LogP contribution in [0.2, 0.25) is 5.02 Å². The Balaban J connectivity index is 1.88. The largest absolute Gasteiger partial charge is 0.476 e. The number of amides is 1. The van der Waals surface area contributed by atoms with E-state index in [4.69, 9.17) is 21.1 Å².